The molecule has 1 atom stereocenters. The molecule has 0 radical (unpaired) electrons. The third-order valence-corrected chi connectivity index (χ3v) is 3.47. The third kappa shape index (κ3) is 2.89. The average molecular weight is 312 g/mol. The van der Waals surface area contributed by atoms with Crippen molar-refractivity contribution in [1.29, 1.82) is 0 Å². The van der Waals surface area contributed by atoms with E-state index in [9.17, 15) is 5.11 Å². The summed E-state index contributed by atoms with van der Waals surface area (Å²) in [6.45, 7) is 2.02. The Bertz CT molecular complexity index is 522. The number of benzene rings is 2. The lowest BCUT2D eigenvalue weighted by molar-refractivity contribution is 0.220. The van der Waals surface area contributed by atoms with Gasteiger partial charge in [-0.1, -0.05) is 63.4 Å². The Balaban J connectivity index is 2.36. The van der Waals surface area contributed by atoms with Gasteiger partial charge in [-0.25, -0.2) is 0 Å². The Kier molecular flexibility index (Phi) is 3.87. The molecule has 1 N–H and O–H groups in total. The zero-order valence-corrected chi connectivity index (χ0v) is 11.7. The van der Waals surface area contributed by atoms with Crippen molar-refractivity contribution in [3.8, 4) is 0 Å². The highest BCUT2D eigenvalue weighted by atomic mass is 79.9. The standard InChI is InChI=1S/C14H12BrClO/c1-9-2-4-10(5-3-9)14(17)12-7-6-11(15)8-13(12)16/h2-8,14,17H,1H3. The smallest absolute Gasteiger partial charge is 0.105 e. The molecule has 0 aromatic heterocycles. The second-order valence-electron chi connectivity index (χ2n) is 3.98. The Morgan fingerprint density at radius 2 is 1.76 bits per heavy atom. The summed E-state index contributed by atoms with van der Waals surface area (Å²) >= 11 is 9.46. The Morgan fingerprint density at radius 3 is 2.35 bits per heavy atom. The van der Waals surface area contributed by atoms with Crippen LogP contribution in [-0.2, 0) is 0 Å². The monoisotopic (exact) mass is 310 g/mol. The third-order valence-electron chi connectivity index (χ3n) is 2.65. The summed E-state index contributed by atoms with van der Waals surface area (Å²) < 4.78 is 0.905. The van der Waals surface area contributed by atoms with Gasteiger partial charge in [-0.2, -0.15) is 0 Å². The van der Waals surface area contributed by atoms with E-state index in [-0.39, 0.29) is 0 Å². The van der Waals surface area contributed by atoms with Gasteiger partial charge in [0.15, 0.2) is 0 Å². The van der Waals surface area contributed by atoms with Gasteiger partial charge in [0.05, 0.1) is 0 Å². The highest BCUT2D eigenvalue weighted by Gasteiger charge is 2.13. The molecule has 0 spiro atoms. The number of aliphatic hydroxyl groups excluding tert-OH is 1. The molecule has 0 saturated heterocycles. The predicted octanol–water partition coefficient (Wildman–Crippen LogP) is 4.49. The molecular formula is C14H12BrClO. The van der Waals surface area contributed by atoms with Crippen LogP contribution in [0.4, 0.5) is 0 Å². The van der Waals surface area contributed by atoms with Crippen molar-refractivity contribution in [3.05, 3.63) is 68.7 Å². The summed E-state index contributed by atoms with van der Waals surface area (Å²) in [5.41, 5.74) is 2.74. The predicted molar refractivity (Wildman–Crippen MR) is 74.4 cm³/mol. The minimum absolute atomic E-state index is 0.562. The van der Waals surface area contributed by atoms with E-state index in [0.29, 0.717) is 5.02 Å². The second kappa shape index (κ2) is 5.21. The highest BCUT2D eigenvalue weighted by molar-refractivity contribution is 9.10. The molecule has 1 nitrogen and oxygen atoms in total. The van der Waals surface area contributed by atoms with E-state index < -0.39 is 6.10 Å². The van der Waals surface area contributed by atoms with Gasteiger partial charge in [0.25, 0.3) is 0 Å². The van der Waals surface area contributed by atoms with Gasteiger partial charge < -0.3 is 5.11 Å². The fourth-order valence-electron chi connectivity index (χ4n) is 1.65. The molecular weight excluding hydrogens is 300 g/mol. The van der Waals surface area contributed by atoms with Crippen LogP contribution in [0.3, 0.4) is 0 Å². The van der Waals surface area contributed by atoms with Crippen LogP contribution in [0.2, 0.25) is 5.02 Å². The largest absolute Gasteiger partial charge is 0.384 e. The van der Waals surface area contributed by atoms with Crippen LogP contribution in [0.5, 0.6) is 0 Å². The van der Waals surface area contributed by atoms with E-state index in [4.69, 9.17) is 11.6 Å². The molecule has 88 valence electrons. The number of hydrogen-bond donors (Lipinski definition) is 1. The minimum Gasteiger partial charge on any atom is -0.384 e. The molecule has 3 heteroatoms. The molecule has 1 unspecified atom stereocenters. The van der Waals surface area contributed by atoms with Crippen LogP contribution in [0.15, 0.2) is 46.9 Å². The zero-order valence-electron chi connectivity index (χ0n) is 9.32. The molecule has 2 aromatic carbocycles. The first-order valence-electron chi connectivity index (χ1n) is 5.27. The first kappa shape index (κ1) is 12.6. The zero-order chi connectivity index (χ0) is 12.4. The lowest BCUT2D eigenvalue weighted by atomic mass is 10.0. The van der Waals surface area contributed by atoms with Crippen LogP contribution in [-0.4, -0.2) is 5.11 Å². The molecule has 0 heterocycles. The van der Waals surface area contributed by atoms with Crippen molar-refractivity contribution in [2.75, 3.05) is 0 Å². The molecule has 0 aliphatic rings. The van der Waals surface area contributed by atoms with E-state index in [2.05, 4.69) is 15.9 Å². The van der Waals surface area contributed by atoms with Gasteiger partial charge in [0, 0.05) is 15.1 Å². The Hall–Kier alpha value is -0.830. The first-order valence-corrected chi connectivity index (χ1v) is 6.44. The summed E-state index contributed by atoms with van der Waals surface area (Å²) in [6.07, 6.45) is -0.684. The van der Waals surface area contributed by atoms with Crippen molar-refractivity contribution in [2.45, 2.75) is 13.0 Å². The summed E-state index contributed by atoms with van der Waals surface area (Å²) in [4.78, 5) is 0. The molecule has 0 bridgehead atoms. The van der Waals surface area contributed by atoms with Gasteiger partial charge in [-0.3, -0.25) is 0 Å². The van der Waals surface area contributed by atoms with Crippen LogP contribution in [0.1, 0.15) is 22.8 Å². The highest BCUT2D eigenvalue weighted by Crippen LogP contribution is 2.30. The van der Waals surface area contributed by atoms with Gasteiger partial charge in [0.2, 0.25) is 0 Å². The maximum Gasteiger partial charge on any atom is 0.105 e. The van der Waals surface area contributed by atoms with Gasteiger partial charge >= 0.3 is 0 Å². The topological polar surface area (TPSA) is 20.2 Å². The van der Waals surface area contributed by atoms with Crippen LogP contribution in [0.25, 0.3) is 0 Å². The molecule has 0 aliphatic heterocycles. The quantitative estimate of drug-likeness (QED) is 0.866. The molecule has 0 saturated carbocycles. The molecule has 2 aromatic rings. The van der Waals surface area contributed by atoms with Crippen molar-refractivity contribution in [1.82, 2.24) is 0 Å². The van der Waals surface area contributed by atoms with Crippen LogP contribution >= 0.6 is 27.5 Å². The summed E-state index contributed by atoms with van der Waals surface area (Å²) in [7, 11) is 0. The molecule has 0 fully saturated rings. The Labute approximate surface area is 114 Å². The average Bonchev–Trinajstić information content (AvgIpc) is 2.29. The number of aryl methyl sites for hydroxylation is 1. The lowest BCUT2D eigenvalue weighted by Gasteiger charge is -2.13. The van der Waals surface area contributed by atoms with Gasteiger partial charge in [-0.15, -0.1) is 0 Å². The second-order valence-corrected chi connectivity index (χ2v) is 5.30. The minimum atomic E-state index is -0.684. The van der Waals surface area contributed by atoms with E-state index in [1.807, 2.05) is 43.3 Å². The maximum atomic E-state index is 10.3. The van der Waals surface area contributed by atoms with E-state index >= 15 is 0 Å². The SMILES string of the molecule is Cc1ccc(C(O)c2ccc(Br)cc2Cl)cc1. The first-order chi connectivity index (χ1) is 8.08. The summed E-state index contributed by atoms with van der Waals surface area (Å²) in [6, 6.07) is 13.3. The molecule has 0 amide bonds. The van der Waals surface area contributed by atoms with Crippen molar-refractivity contribution in [3.63, 3.8) is 0 Å². The van der Waals surface area contributed by atoms with Crippen molar-refractivity contribution in [2.24, 2.45) is 0 Å². The normalized spacial score (nSPS) is 12.5. The number of aliphatic hydroxyl groups is 1. The molecule has 2 rings (SSSR count). The van der Waals surface area contributed by atoms with Crippen LogP contribution in [0, 0.1) is 6.92 Å². The fourth-order valence-corrected chi connectivity index (χ4v) is 2.43. The van der Waals surface area contributed by atoms with E-state index in [1.165, 1.54) is 5.56 Å². The van der Waals surface area contributed by atoms with E-state index in [1.54, 1.807) is 6.07 Å². The Morgan fingerprint density at radius 1 is 1.12 bits per heavy atom. The van der Waals surface area contributed by atoms with Crippen LogP contribution < -0.4 is 0 Å². The van der Waals surface area contributed by atoms with Crippen molar-refractivity contribution >= 4 is 27.5 Å². The summed E-state index contributed by atoms with van der Waals surface area (Å²) in [5, 5.41) is 10.8. The van der Waals surface area contributed by atoms with Crippen molar-refractivity contribution < 1.29 is 5.11 Å². The fraction of sp³-hybridized carbons (Fsp3) is 0.143. The molecule has 0 aliphatic carbocycles. The molecule has 17 heavy (non-hydrogen) atoms. The van der Waals surface area contributed by atoms with Gasteiger partial charge in [0.1, 0.15) is 6.10 Å². The number of rotatable bonds is 2. The lowest BCUT2D eigenvalue weighted by Crippen LogP contribution is -2.00. The maximum absolute atomic E-state index is 10.3. The number of halogens is 2. The summed E-state index contributed by atoms with van der Waals surface area (Å²) in [5.74, 6) is 0. The van der Waals surface area contributed by atoms with Gasteiger partial charge in [-0.05, 0) is 24.6 Å². The van der Waals surface area contributed by atoms with E-state index in [0.717, 1.165) is 15.6 Å². The number of hydrogen-bond acceptors (Lipinski definition) is 1.